The number of amides is 1. The smallest absolute Gasteiger partial charge is 0.322 e. The van der Waals surface area contributed by atoms with Crippen molar-refractivity contribution in [3.63, 3.8) is 0 Å². The molecule has 1 saturated heterocycles. The van der Waals surface area contributed by atoms with Crippen LogP contribution in [0, 0.1) is 0 Å². The highest BCUT2D eigenvalue weighted by atomic mass is 16.4. The highest BCUT2D eigenvalue weighted by molar-refractivity contribution is 5.80. The molecule has 1 atom stereocenters. The maximum Gasteiger partial charge on any atom is 0.322 e. The largest absolute Gasteiger partial charge is 0.480 e. The second-order valence-electron chi connectivity index (χ2n) is 4.40. The second kappa shape index (κ2) is 7.70. The molecule has 0 saturated carbocycles. The SMILES string of the molecule is C=CCN(CC=C)C(=O)CN1CCNCC1C(=O)O. The molecule has 0 aromatic heterocycles. The van der Waals surface area contributed by atoms with Gasteiger partial charge in [-0.2, -0.15) is 0 Å². The van der Waals surface area contributed by atoms with E-state index in [1.807, 2.05) is 0 Å². The summed E-state index contributed by atoms with van der Waals surface area (Å²) in [6.45, 7) is 9.82. The quantitative estimate of drug-likeness (QED) is 0.611. The van der Waals surface area contributed by atoms with Crippen LogP contribution >= 0.6 is 0 Å². The van der Waals surface area contributed by atoms with Crippen LogP contribution in [-0.2, 0) is 9.59 Å². The number of nitrogens with one attached hydrogen (secondary N) is 1. The fraction of sp³-hybridized carbons (Fsp3) is 0.538. The Balaban J connectivity index is 2.63. The van der Waals surface area contributed by atoms with E-state index in [0.29, 0.717) is 32.7 Å². The number of carboxylic acids is 1. The van der Waals surface area contributed by atoms with Crippen molar-refractivity contribution in [2.45, 2.75) is 6.04 Å². The van der Waals surface area contributed by atoms with Crippen LogP contribution in [-0.4, -0.2) is 72.1 Å². The third-order valence-electron chi connectivity index (χ3n) is 3.03. The summed E-state index contributed by atoms with van der Waals surface area (Å²) in [4.78, 5) is 26.6. The van der Waals surface area contributed by atoms with Crippen molar-refractivity contribution in [3.05, 3.63) is 25.3 Å². The van der Waals surface area contributed by atoms with Crippen molar-refractivity contribution >= 4 is 11.9 Å². The standard InChI is InChI=1S/C13H21N3O3/c1-3-6-15(7-4-2)12(17)10-16-8-5-14-9-11(16)13(18)19/h3-4,11,14H,1-2,5-10H2,(H,18,19). The number of carbonyl (C=O) groups excluding carboxylic acids is 1. The molecule has 2 N–H and O–H groups in total. The molecular weight excluding hydrogens is 246 g/mol. The average Bonchev–Trinajstić information content (AvgIpc) is 2.38. The first kappa shape index (κ1) is 15.4. The van der Waals surface area contributed by atoms with Gasteiger partial charge in [-0.05, 0) is 0 Å². The molecule has 106 valence electrons. The van der Waals surface area contributed by atoms with Gasteiger partial charge in [0.2, 0.25) is 5.91 Å². The van der Waals surface area contributed by atoms with E-state index in [0.717, 1.165) is 0 Å². The number of nitrogens with zero attached hydrogens (tertiary/aromatic N) is 2. The molecular formula is C13H21N3O3. The fourth-order valence-electron chi connectivity index (χ4n) is 2.04. The Bertz CT molecular complexity index is 347. The van der Waals surface area contributed by atoms with Crippen LogP contribution in [0.4, 0.5) is 0 Å². The first-order valence-corrected chi connectivity index (χ1v) is 6.27. The summed E-state index contributed by atoms with van der Waals surface area (Å²) in [5.74, 6) is -1.01. The molecule has 0 aromatic rings. The van der Waals surface area contributed by atoms with E-state index in [-0.39, 0.29) is 12.5 Å². The van der Waals surface area contributed by atoms with Gasteiger partial charge >= 0.3 is 5.97 Å². The van der Waals surface area contributed by atoms with Crippen LogP contribution in [0.5, 0.6) is 0 Å². The molecule has 0 spiro atoms. The van der Waals surface area contributed by atoms with Gasteiger partial charge in [-0.25, -0.2) is 0 Å². The molecule has 0 radical (unpaired) electrons. The molecule has 6 nitrogen and oxygen atoms in total. The van der Waals surface area contributed by atoms with Crippen LogP contribution in [0.15, 0.2) is 25.3 Å². The zero-order valence-electron chi connectivity index (χ0n) is 11.0. The van der Waals surface area contributed by atoms with Crippen LogP contribution in [0.3, 0.4) is 0 Å². The first-order valence-electron chi connectivity index (χ1n) is 6.27. The molecule has 1 unspecified atom stereocenters. The van der Waals surface area contributed by atoms with Crippen molar-refractivity contribution in [3.8, 4) is 0 Å². The number of hydrogen-bond acceptors (Lipinski definition) is 4. The number of rotatable bonds is 7. The predicted octanol–water partition coefficient (Wildman–Crippen LogP) is -0.455. The van der Waals surface area contributed by atoms with E-state index in [1.165, 1.54) is 0 Å². The number of carbonyl (C=O) groups is 2. The van der Waals surface area contributed by atoms with Gasteiger partial charge in [0.15, 0.2) is 0 Å². The molecule has 1 heterocycles. The Kier molecular flexibility index (Phi) is 6.24. The third-order valence-corrected chi connectivity index (χ3v) is 3.03. The van der Waals surface area contributed by atoms with Gasteiger partial charge < -0.3 is 15.3 Å². The molecule has 1 aliphatic heterocycles. The van der Waals surface area contributed by atoms with E-state index in [2.05, 4.69) is 18.5 Å². The molecule has 19 heavy (non-hydrogen) atoms. The minimum Gasteiger partial charge on any atom is -0.480 e. The summed E-state index contributed by atoms with van der Waals surface area (Å²) in [6, 6.07) is -0.646. The lowest BCUT2D eigenvalue weighted by molar-refractivity contribution is -0.145. The molecule has 1 rings (SSSR count). The first-order chi connectivity index (χ1) is 9.10. The lowest BCUT2D eigenvalue weighted by Gasteiger charge is -2.34. The maximum absolute atomic E-state index is 12.1. The predicted molar refractivity (Wildman–Crippen MR) is 72.8 cm³/mol. The number of carboxylic acid groups (broad SMARTS) is 1. The van der Waals surface area contributed by atoms with Gasteiger partial charge in [0.25, 0.3) is 0 Å². The summed E-state index contributed by atoms with van der Waals surface area (Å²) >= 11 is 0. The number of aliphatic carboxylic acids is 1. The molecule has 0 bridgehead atoms. The summed E-state index contributed by atoms with van der Waals surface area (Å²) in [5.41, 5.74) is 0. The highest BCUT2D eigenvalue weighted by Crippen LogP contribution is 2.05. The zero-order chi connectivity index (χ0) is 14.3. The Hall–Kier alpha value is -1.66. The fourth-order valence-corrected chi connectivity index (χ4v) is 2.04. The lowest BCUT2D eigenvalue weighted by Crippen LogP contribution is -2.57. The Morgan fingerprint density at radius 2 is 2.00 bits per heavy atom. The van der Waals surface area contributed by atoms with Crippen LogP contribution in [0.2, 0.25) is 0 Å². The number of hydrogen-bond donors (Lipinski definition) is 2. The summed E-state index contributed by atoms with van der Waals surface area (Å²) in [5, 5.41) is 12.1. The number of piperazine rings is 1. The summed E-state index contributed by atoms with van der Waals surface area (Å²) < 4.78 is 0. The zero-order valence-corrected chi connectivity index (χ0v) is 11.0. The second-order valence-corrected chi connectivity index (χ2v) is 4.40. The van der Waals surface area contributed by atoms with Gasteiger partial charge in [-0.1, -0.05) is 12.2 Å². The highest BCUT2D eigenvalue weighted by Gasteiger charge is 2.30. The Labute approximate surface area is 113 Å². The van der Waals surface area contributed by atoms with E-state index in [9.17, 15) is 9.59 Å². The lowest BCUT2D eigenvalue weighted by atomic mass is 10.2. The minimum atomic E-state index is -0.904. The van der Waals surface area contributed by atoms with Crippen molar-refractivity contribution in [2.24, 2.45) is 0 Å². The normalized spacial score (nSPS) is 19.7. The topological polar surface area (TPSA) is 72.9 Å². The molecule has 1 aliphatic rings. The van der Waals surface area contributed by atoms with E-state index in [1.54, 1.807) is 22.0 Å². The molecule has 1 fully saturated rings. The molecule has 6 heteroatoms. The summed E-state index contributed by atoms with van der Waals surface area (Å²) in [6.07, 6.45) is 3.29. The van der Waals surface area contributed by atoms with Gasteiger partial charge in [-0.15, -0.1) is 13.2 Å². The average molecular weight is 267 g/mol. The van der Waals surface area contributed by atoms with Crippen molar-refractivity contribution in [1.82, 2.24) is 15.1 Å². The maximum atomic E-state index is 12.1. The van der Waals surface area contributed by atoms with Gasteiger partial charge in [-0.3, -0.25) is 14.5 Å². The Morgan fingerprint density at radius 1 is 1.37 bits per heavy atom. The van der Waals surface area contributed by atoms with Crippen LogP contribution in [0.25, 0.3) is 0 Å². The van der Waals surface area contributed by atoms with E-state index < -0.39 is 12.0 Å². The molecule has 0 aliphatic carbocycles. The van der Waals surface area contributed by atoms with Gasteiger partial charge in [0.1, 0.15) is 6.04 Å². The molecule has 0 aromatic carbocycles. The van der Waals surface area contributed by atoms with Crippen LogP contribution in [0.1, 0.15) is 0 Å². The third kappa shape index (κ3) is 4.50. The van der Waals surface area contributed by atoms with Gasteiger partial charge in [0, 0.05) is 32.7 Å². The monoisotopic (exact) mass is 267 g/mol. The molecule has 1 amide bonds. The van der Waals surface area contributed by atoms with Crippen molar-refractivity contribution < 1.29 is 14.7 Å². The minimum absolute atomic E-state index is 0.104. The van der Waals surface area contributed by atoms with Crippen molar-refractivity contribution in [1.29, 1.82) is 0 Å². The van der Waals surface area contributed by atoms with Crippen LogP contribution < -0.4 is 5.32 Å². The van der Waals surface area contributed by atoms with E-state index in [4.69, 9.17) is 5.11 Å². The van der Waals surface area contributed by atoms with Crippen molar-refractivity contribution in [2.75, 3.05) is 39.3 Å². The van der Waals surface area contributed by atoms with E-state index >= 15 is 0 Å². The summed E-state index contributed by atoms with van der Waals surface area (Å²) in [7, 11) is 0. The Morgan fingerprint density at radius 3 is 2.53 bits per heavy atom. The van der Waals surface area contributed by atoms with Gasteiger partial charge in [0.05, 0.1) is 6.54 Å².